The zero-order valence-electron chi connectivity index (χ0n) is 19.6. The Kier molecular flexibility index (Phi) is 6.47. The Balaban J connectivity index is 2.15. The summed E-state index contributed by atoms with van der Waals surface area (Å²) in [5.74, 6) is -2.34. The normalized spacial score (nSPS) is 12.0. The maximum atomic E-state index is 12.9. The number of carbonyl (C=O) groups is 1. The highest BCUT2D eigenvalue weighted by Crippen LogP contribution is 2.45. The average molecular weight is 471 g/mol. The first-order valence-corrected chi connectivity index (χ1v) is 11.2. The molecule has 0 aliphatic rings. The van der Waals surface area contributed by atoms with E-state index in [2.05, 4.69) is 0 Å². The van der Waals surface area contributed by atoms with E-state index in [0.717, 1.165) is 5.56 Å². The van der Waals surface area contributed by atoms with Gasteiger partial charge in [-0.25, -0.2) is 4.79 Å². The van der Waals surface area contributed by atoms with Crippen LogP contribution in [0.25, 0.3) is 10.8 Å². The zero-order chi connectivity index (χ0) is 25.3. The van der Waals surface area contributed by atoms with Gasteiger partial charge in [-0.05, 0) is 52.1 Å². The van der Waals surface area contributed by atoms with E-state index in [4.69, 9.17) is 4.74 Å². The van der Waals surface area contributed by atoms with E-state index in [1.807, 2.05) is 13.8 Å². The first-order chi connectivity index (χ1) is 16.7. The second-order valence-electron chi connectivity index (χ2n) is 8.72. The number of aromatic hydroxyl groups is 2. The molecule has 1 atom stereocenters. The predicted octanol–water partition coefficient (Wildman–Crippen LogP) is 5.62. The van der Waals surface area contributed by atoms with Crippen LogP contribution >= 0.6 is 0 Å². The molecule has 0 bridgehead atoms. The summed E-state index contributed by atoms with van der Waals surface area (Å²) in [6.07, 6.45) is 0. The van der Waals surface area contributed by atoms with E-state index in [-0.39, 0.29) is 22.6 Å². The second kappa shape index (κ2) is 9.50. The molecule has 0 saturated heterocycles. The van der Waals surface area contributed by atoms with Gasteiger partial charge in [0.1, 0.15) is 17.1 Å². The van der Waals surface area contributed by atoms with Crippen molar-refractivity contribution in [3.05, 3.63) is 111 Å². The third-order valence-corrected chi connectivity index (χ3v) is 6.27. The van der Waals surface area contributed by atoms with Crippen LogP contribution in [0.5, 0.6) is 17.2 Å². The molecule has 3 N–H and O–H groups in total. The summed E-state index contributed by atoms with van der Waals surface area (Å²) in [5, 5.41) is 33.3. The number of phenols is 1. The maximum Gasteiger partial charge on any atom is 0.339 e. The lowest BCUT2D eigenvalue weighted by Crippen LogP contribution is -2.10. The van der Waals surface area contributed by atoms with Gasteiger partial charge in [-0.1, -0.05) is 62.4 Å². The van der Waals surface area contributed by atoms with E-state index < -0.39 is 28.8 Å². The topological polar surface area (TPSA) is 104 Å². The van der Waals surface area contributed by atoms with E-state index >= 15 is 0 Å². The second-order valence-corrected chi connectivity index (χ2v) is 8.72. The molecule has 0 aliphatic carbocycles. The molecule has 35 heavy (non-hydrogen) atoms. The van der Waals surface area contributed by atoms with Gasteiger partial charge in [-0.3, -0.25) is 4.79 Å². The fourth-order valence-corrected chi connectivity index (χ4v) is 4.39. The van der Waals surface area contributed by atoms with Gasteiger partial charge in [0.15, 0.2) is 5.75 Å². The molecule has 0 aliphatic heterocycles. The molecule has 178 valence electrons. The van der Waals surface area contributed by atoms with E-state index in [9.17, 15) is 24.9 Å². The number of fused-ring (bicyclic) bond motifs is 1. The number of benzene rings is 3. The van der Waals surface area contributed by atoms with Crippen molar-refractivity contribution < 1.29 is 24.9 Å². The van der Waals surface area contributed by atoms with Crippen LogP contribution in [-0.2, 0) is 0 Å². The predicted molar refractivity (Wildman–Crippen MR) is 135 cm³/mol. The van der Waals surface area contributed by atoms with Crippen LogP contribution in [0.2, 0.25) is 0 Å². The SMILES string of the molecule is COc1ccc(C(c2ccc(C(C)C)cc(=O)c2O)c2c(O)c(C(=O)O)cc3ccccc23)cc1. The van der Waals surface area contributed by atoms with Gasteiger partial charge in [-0.2, -0.15) is 0 Å². The van der Waals surface area contributed by atoms with Crippen molar-refractivity contribution in [1.29, 1.82) is 0 Å². The lowest BCUT2D eigenvalue weighted by molar-refractivity contribution is 0.0693. The van der Waals surface area contributed by atoms with Crippen molar-refractivity contribution in [1.82, 2.24) is 0 Å². The van der Waals surface area contributed by atoms with Crippen molar-refractivity contribution in [3.63, 3.8) is 0 Å². The monoisotopic (exact) mass is 470 g/mol. The Morgan fingerprint density at radius 1 is 0.857 bits per heavy atom. The summed E-state index contributed by atoms with van der Waals surface area (Å²) in [6, 6.07) is 20.4. The van der Waals surface area contributed by atoms with Crippen LogP contribution < -0.4 is 10.2 Å². The van der Waals surface area contributed by atoms with Gasteiger partial charge in [0.2, 0.25) is 5.43 Å². The minimum Gasteiger partial charge on any atom is -0.507 e. The molecular formula is C29H26O6. The Morgan fingerprint density at radius 3 is 2.14 bits per heavy atom. The highest BCUT2D eigenvalue weighted by molar-refractivity contribution is 6.00. The van der Waals surface area contributed by atoms with Crippen LogP contribution in [0.3, 0.4) is 0 Å². The lowest BCUT2D eigenvalue weighted by Gasteiger charge is -2.23. The van der Waals surface area contributed by atoms with Gasteiger partial charge in [-0.15, -0.1) is 0 Å². The van der Waals surface area contributed by atoms with Gasteiger partial charge in [0, 0.05) is 17.0 Å². The molecule has 4 aromatic rings. The highest BCUT2D eigenvalue weighted by Gasteiger charge is 2.29. The van der Waals surface area contributed by atoms with E-state index in [0.29, 0.717) is 22.1 Å². The van der Waals surface area contributed by atoms with Crippen molar-refractivity contribution in [2.24, 2.45) is 0 Å². The molecule has 0 saturated carbocycles. The van der Waals surface area contributed by atoms with Crippen LogP contribution in [0.15, 0.2) is 77.6 Å². The molecule has 4 rings (SSSR count). The van der Waals surface area contributed by atoms with Crippen LogP contribution in [0, 0.1) is 0 Å². The summed E-state index contributed by atoms with van der Waals surface area (Å²) < 4.78 is 5.28. The first-order valence-electron chi connectivity index (χ1n) is 11.2. The minimum atomic E-state index is -1.28. The lowest BCUT2D eigenvalue weighted by atomic mass is 9.81. The van der Waals surface area contributed by atoms with Crippen LogP contribution in [0.1, 0.15) is 58.3 Å². The van der Waals surface area contributed by atoms with Crippen molar-refractivity contribution in [2.75, 3.05) is 7.11 Å². The molecule has 0 aromatic heterocycles. The maximum absolute atomic E-state index is 12.9. The number of rotatable bonds is 6. The smallest absolute Gasteiger partial charge is 0.339 e. The quantitative estimate of drug-likeness (QED) is 0.338. The summed E-state index contributed by atoms with van der Waals surface area (Å²) >= 11 is 0. The van der Waals surface area contributed by atoms with Crippen LogP contribution in [0.4, 0.5) is 0 Å². The number of carboxylic acids is 1. The highest BCUT2D eigenvalue weighted by atomic mass is 16.5. The summed E-state index contributed by atoms with van der Waals surface area (Å²) in [6.45, 7) is 3.89. The standard InChI is InChI=1S/C29H26O6/c1-16(2)18-10-13-22(27(31)24(30)15-18)25(17-8-11-20(35-3)12-9-17)26-21-7-5-4-6-19(21)14-23(28(26)32)29(33)34/h4-16,25,32H,1-3H3,(H,30,31)(H,33,34). The molecule has 0 spiro atoms. The Bertz CT molecular complexity index is 1470. The third kappa shape index (κ3) is 4.43. The molecule has 0 amide bonds. The molecule has 0 heterocycles. The first kappa shape index (κ1) is 23.8. The van der Waals surface area contributed by atoms with Gasteiger partial charge >= 0.3 is 5.97 Å². The molecule has 0 fully saturated rings. The van der Waals surface area contributed by atoms with Gasteiger partial charge in [0.25, 0.3) is 0 Å². The van der Waals surface area contributed by atoms with Crippen molar-refractivity contribution >= 4 is 16.7 Å². The average Bonchev–Trinajstić information content (AvgIpc) is 2.99. The largest absolute Gasteiger partial charge is 0.507 e. The number of aromatic carboxylic acids is 1. The van der Waals surface area contributed by atoms with Gasteiger partial charge < -0.3 is 20.1 Å². The van der Waals surface area contributed by atoms with Crippen molar-refractivity contribution in [3.8, 4) is 17.2 Å². The molecular weight excluding hydrogens is 444 g/mol. The fraction of sp³-hybridized carbons (Fsp3) is 0.172. The third-order valence-electron chi connectivity index (χ3n) is 6.27. The Labute approximate surface area is 202 Å². The number of hydrogen-bond acceptors (Lipinski definition) is 5. The fourth-order valence-electron chi connectivity index (χ4n) is 4.39. The molecule has 4 aromatic carbocycles. The summed E-state index contributed by atoms with van der Waals surface area (Å²) in [5.41, 5.74) is 1.12. The Hall–Kier alpha value is -4.32. The number of hydrogen-bond donors (Lipinski definition) is 3. The van der Waals surface area contributed by atoms with Crippen molar-refractivity contribution in [2.45, 2.75) is 25.7 Å². The molecule has 6 nitrogen and oxygen atoms in total. The molecule has 1 unspecified atom stereocenters. The number of carboxylic acid groups (broad SMARTS) is 1. The van der Waals surface area contributed by atoms with E-state index in [1.54, 1.807) is 67.8 Å². The molecule has 6 heteroatoms. The summed E-state index contributed by atoms with van der Waals surface area (Å²) in [7, 11) is 1.54. The number of methoxy groups -OCH3 is 1. The van der Waals surface area contributed by atoms with E-state index in [1.165, 1.54) is 12.1 Å². The molecule has 0 radical (unpaired) electrons. The van der Waals surface area contributed by atoms with Crippen LogP contribution in [-0.4, -0.2) is 28.4 Å². The minimum absolute atomic E-state index is 0.0476. The summed E-state index contributed by atoms with van der Waals surface area (Å²) in [4.78, 5) is 24.9. The van der Waals surface area contributed by atoms with Gasteiger partial charge in [0.05, 0.1) is 7.11 Å². The zero-order valence-corrected chi connectivity index (χ0v) is 19.6. The number of ether oxygens (including phenoxy) is 1. The Morgan fingerprint density at radius 2 is 1.51 bits per heavy atom.